The molecule has 1 N–H and O–H groups in total. The van der Waals surface area contributed by atoms with Gasteiger partial charge in [0.1, 0.15) is 11.5 Å². The van der Waals surface area contributed by atoms with Gasteiger partial charge in [0, 0.05) is 23.5 Å². The molecule has 0 radical (unpaired) electrons. The van der Waals surface area contributed by atoms with Crippen molar-refractivity contribution < 1.29 is 19.4 Å². The Morgan fingerprint density at radius 1 is 1.21 bits per heavy atom. The standard InChI is InChI=1S/C26H34N2O4S/c1-6-27(7-2)12-13-28-23(21-9-8-14-33-21)22(25(30)26(28)31)24(29)20-11-10-19(15-18(20)5)32-16-17(3)4/h8-11,14-15,17,23,29H,6-7,12-13,16H2,1-5H3. The minimum atomic E-state index is -0.634. The third-order valence-electron chi connectivity index (χ3n) is 5.94. The van der Waals surface area contributed by atoms with Crippen LogP contribution in [0.25, 0.3) is 5.76 Å². The summed E-state index contributed by atoms with van der Waals surface area (Å²) in [5, 5.41) is 13.2. The Kier molecular flexibility index (Phi) is 8.32. The lowest BCUT2D eigenvalue weighted by atomic mass is 9.97. The quantitative estimate of drug-likeness (QED) is 0.305. The molecule has 1 aliphatic heterocycles. The molecule has 0 spiro atoms. The van der Waals surface area contributed by atoms with Crippen LogP contribution < -0.4 is 4.74 Å². The number of carbonyl (C=O) groups is 2. The summed E-state index contributed by atoms with van der Waals surface area (Å²) < 4.78 is 5.79. The fourth-order valence-corrected chi connectivity index (χ4v) is 4.89. The van der Waals surface area contributed by atoms with Crippen molar-refractivity contribution in [2.24, 2.45) is 5.92 Å². The van der Waals surface area contributed by atoms with Crippen molar-refractivity contribution in [3.8, 4) is 5.75 Å². The van der Waals surface area contributed by atoms with E-state index in [1.807, 2.05) is 30.5 Å². The summed E-state index contributed by atoms with van der Waals surface area (Å²) in [6.07, 6.45) is 0. The summed E-state index contributed by atoms with van der Waals surface area (Å²) in [5.74, 6) is -0.213. The third kappa shape index (κ3) is 5.47. The van der Waals surface area contributed by atoms with Crippen molar-refractivity contribution in [2.45, 2.75) is 40.7 Å². The topological polar surface area (TPSA) is 70.1 Å². The lowest BCUT2D eigenvalue weighted by molar-refractivity contribution is -0.140. The largest absolute Gasteiger partial charge is 0.507 e. The van der Waals surface area contributed by atoms with E-state index in [1.54, 1.807) is 17.0 Å². The lowest BCUT2D eigenvalue weighted by Gasteiger charge is -2.27. The van der Waals surface area contributed by atoms with Gasteiger partial charge >= 0.3 is 0 Å². The number of Topliss-reactive ketones (excluding diaryl/α,β-unsaturated/α-hetero) is 1. The predicted octanol–water partition coefficient (Wildman–Crippen LogP) is 4.85. The maximum atomic E-state index is 13.1. The van der Waals surface area contributed by atoms with E-state index in [0.717, 1.165) is 23.5 Å². The normalized spacial score (nSPS) is 18.0. The highest BCUT2D eigenvalue weighted by Gasteiger charge is 2.46. The summed E-state index contributed by atoms with van der Waals surface area (Å²) in [5.41, 5.74) is 1.48. The number of aliphatic hydroxyl groups excluding tert-OH is 1. The Morgan fingerprint density at radius 3 is 2.52 bits per heavy atom. The fourth-order valence-electron chi connectivity index (χ4n) is 4.04. The number of likely N-dealkylation sites (tertiary alicyclic amines) is 1. The Morgan fingerprint density at radius 2 is 1.94 bits per heavy atom. The molecule has 33 heavy (non-hydrogen) atoms. The first-order chi connectivity index (χ1) is 15.8. The van der Waals surface area contributed by atoms with Crippen molar-refractivity contribution in [1.29, 1.82) is 0 Å². The molecule has 1 atom stereocenters. The number of thiophene rings is 1. The highest BCUT2D eigenvalue weighted by molar-refractivity contribution is 7.10. The van der Waals surface area contributed by atoms with Gasteiger partial charge in [-0.15, -0.1) is 11.3 Å². The lowest BCUT2D eigenvalue weighted by Crippen LogP contribution is -2.37. The summed E-state index contributed by atoms with van der Waals surface area (Å²) in [6, 6.07) is 8.63. The monoisotopic (exact) mass is 470 g/mol. The third-order valence-corrected chi connectivity index (χ3v) is 6.87. The van der Waals surface area contributed by atoms with Crippen molar-refractivity contribution >= 4 is 28.8 Å². The minimum Gasteiger partial charge on any atom is -0.507 e. The first-order valence-corrected chi connectivity index (χ1v) is 12.4. The fraction of sp³-hybridized carbons (Fsp3) is 0.462. The van der Waals surface area contributed by atoms with Crippen LogP contribution >= 0.6 is 11.3 Å². The van der Waals surface area contributed by atoms with E-state index >= 15 is 0 Å². The molecule has 3 rings (SSSR count). The summed E-state index contributed by atoms with van der Waals surface area (Å²) >= 11 is 1.48. The number of ketones is 1. The van der Waals surface area contributed by atoms with E-state index in [1.165, 1.54) is 11.3 Å². The maximum Gasteiger partial charge on any atom is 0.295 e. The number of rotatable bonds is 10. The molecule has 6 nitrogen and oxygen atoms in total. The smallest absolute Gasteiger partial charge is 0.295 e. The van der Waals surface area contributed by atoms with Gasteiger partial charge in [-0.2, -0.15) is 0 Å². The number of nitrogens with zero attached hydrogens (tertiary/aromatic N) is 2. The molecular formula is C26H34N2O4S. The van der Waals surface area contributed by atoms with Crippen molar-refractivity contribution in [3.05, 3.63) is 57.3 Å². The highest BCUT2D eigenvalue weighted by atomic mass is 32.1. The van der Waals surface area contributed by atoms with Gasteiger partial charge in [0.2, 0.25) is 0 Å². The summed E-state index contributed by atoms with van der Waals surface area (Å²) in [4.78, 5) is 30.8. The van der Waals surface area contributed by atoms with Gasteiger partial charge in [-0.3, -0.25) is 9.59 Å². The highest BCUT2D eigenvalue weighted by Crippen LogP contribution is 2.41. The minimum absolute atomic E-state index is 0.134. The first-order valence-electron chi connectivity index (χ1n) is 11.6. The number of carbonyl (C=O) groups excluding carboxylic acids is 2. The van der Waals surface area contributed by atoms with Crippen LogP contribution in [0, 0.1) is 12.8 Å². The second-order valence-corrected chi connectivity index (χ2v) is 9.70. The van der Waals surface area contributed by atoms with E-state index in [0.29, 0.717) is 36.9 Å². The van der Waals surface area contributed by atoms with Crippen LogP contribution in [0.4, 0.5) is 0 Å². The second kappa shape index (κ2) is 11.0. The molecule has 1 fully saturated rings. The molecule has 1 aliphatic rings. The van der Waals surface area contributed by atoms with E-state index in [4.69, 9.17) is 4.74 Å². The Bertz CT molecular complexity index is 1010. The second-order valence-electron chi connectivity index (χ2n) is 8.72. The van der Waals surface area contributed by atoms with Gasteiger partial charge in [0.15, 0.2) is 0 Å². The molecule has 2 aromatic rings. The van der Waals surface area contributed by atoms with Gasteiger partial charge < -0.3 is 19.6 Å². The zero-order valence-electron chi connectivity index (χ0n) is 20.1. The van der Waals surface area contributed by atoms with Crippen LogP contribution in [0.3, 0.4) is 0 Å². The van der Waals surface area contributed by atoms with Crippen LogP contribution in [-0.2, 0) is 9.59 Å². The number of aliphatic hydroxyl groups is 1. The van der Waals surface area contributed by atoms with Crippen molar-refractivity contribution in [3.63, 3.8) is 0 Å². The number of aryl methyl sites for hydroxylation is 1. The number of benzene rings is 1. The molecule has 1 saturated heterocycles. The molecule has 2 heterocycles. The average molecular weight is 471 g/mol. The van der Waals surface area contributed by atoms with Crippen LogP contribution in [0.1, 0.15) is 49.7 Å². The van der Waals surface area contributed by atoms with E-state index in [9.17, 15) is 14.7 Å². The Labute approximate surface area is 200 Å². The molecule has 0 aliphatic carbocycles. The first kappa shape index (κ1) is 25.0. The summed E-state index contributed by atoms with van der Waals surface area (Å²) in [6.45, 7) is 13.6. The van der Waals surface area contributed by atoms with Crippen LogP contribution in [-0.4, -0.2) is 59.4 Å². The molecule has 178 valence electrons. The van der Waals surface area contributed by atoms with E-state index in [2.05, 4.69) is 32.6 Å². The molecule has 1 aromatic heterocycles. The van der Waals surface area contributed by atoms with Gasteiger partial charge in [-0.25, -0.2) is 0 Å². The zero-order chi connectivity index (χ0) is 24.1. The summed E-state index contributed by atoms with van der Waals surface area (Å²) in [7, 11) is 0. The maximum absolute atomic E-state index is 13.1. The molecule has 0 bridgehead atoms. The van der Waals surface area contributed by atoms with Crippen molar-refractivity contribution in [2.75, 3.05) is 32.8 Å². The van der Waals surface area contributed by atoms with Gasteiger partial charge in [-0.05, 0) is 61.1 Å². The van der Waals surface area contributed by atoms with Gasteiger partial charge in [0.25, 0.3) is 11.7 Å². The molecule has 1 aromatic carbocycles. The molecular weight excluding hydrogens is 436 g/mol. The SMILES string of the molecule is CCN(CC)CCN1C(=O)C(=O)C(=C(O)c2ccc(OCC(C)C)cc2C)C1c1cccs1. The molecule has 7 heteroatoms. The molecule has 1 unspecified atom stereocenters. The molecule has 1 amide bonds. The van der Waals surface area contributed by atoms with Crippen LogP contribution in [0.15, 0.2) is 41.3 Å². The van der Waals surface area contributed by atoms with Crippen LogP contribution in [0.2, 0.25) is 0 Å². The van der Waals surface area contributed by atoms with E-state index < -0.39 is 17.7 Å². The average Bonchev–Trinajstić information content (AvgIpc) is 3.40. The van der Waals surface area contributed by atoms with Gasteiger partial charge in [0.05, 0.1) is 18.2 Å². The number of hydrogen-bond acceptors (Lipinski definition) is 6. The Hall–Kier alpha value is -2.64. The zero-order valence-corrected chi connectivity index (χ0v) is 20.9. The van der Waals surface area contributed by atoms with E-state index in [-0.39, 0.29) is 11.3 Å². The van der Waals surface area contributed by atoms with Crippen molar-refractivity contribution in [1.82, 2.24) is 9.80 Å². The molecule has 0 saturated carbocycles. The number of amides is 1. The number of ether oxygens (including phenoxy) is 1. The van der Waals surface area contributed by atoms with Crippen LogP contribution in [0.5, 0.6) is 5.75 Å². The number of hydrogen-bond donors (Lipinski definition) is 1. The van der Waals surface area contributed by atoms with Gasteiger partial charge in [-0.1, -0.05) is 33.8 Å². The number of likely N-dealkylation sites (N-methyl/N-ethyl adjacent to an activating group) is 1. The predicted molar refractivity (Wildman–Crippen MR) is 133 cm³/mol. The Balaban J connectivity index is 2.00.